The fourth-order valence-electron chi connectivity index (χ4n) is 2.89. The highest BCUT2D eigenvalue weighted by molar-refractivity contribution is 5.04. The Hall–Kier alpha value is -0.870. The predicted octanol–water partition coefficient (Wildman–Crippen LogP) is 1.67. The molecule has 0 aromatic carbocycles. The van der Waals surface area contributed by atoms with Crippen LogP contribution in [0.15, 0.2) is 12.4 Å². The number of nitrogens with one attached hydrogen (secondary N) is 1. The summed E-state index contributed by atoms with van der Waals surface area (Å²) in [6.07, 6.45) is 9.22. The van der Waals surface area contributed by atoms with Gasteiger partial charge in [0.2, 0.25) is 0 Å². The molecule has 0 radical (unpaired) electrons. The summed E-state index contributed by atoms with van der Waals surface area (Å²) in [4.78, 5) is 2.62. The highest BCUT2D eigenvalue weighted by Crippen LogP contribution is 2.16. The monoisotopic (exact) mass is 264 g/mol. The molecule has 4 nitrogen and oxygen atoms in total. The summed E-state index contributed by atoms with van der Waals surface area (Å²) in [5, 5.41) is 7.80. The molecule has 1 N–H and O–H groups in total. The molecule has 0 bridgehead atoms. The van der Waals surface area contributed by atoms with Gasteiger partial charge in [-0.05, 0) is 56.8 Å². The van der Waals surface area contributed by atoms with Crippen LogP contribution in [0.2, 0.25) is 0 Å². The van der Waals surface area contributed by atoms with E-state index < -0.39 is 0 Å². The van der Waals surface area contributed by atoms with E-state index >= 15 is 0 Å². The number of hydrogen-bond donors (Lipinski definition) is 1. The van der Waals surface area contributed by atoms with Gasteiger partial charge in [-0.15, -0.1) is 0 Å². The van der Waals surface area contributed by atoms with Crippen LogP contribution >= 0.6 is 0 Å². The Balaban J connectivity index is 1.68. The van der Waals surface area contributed by atoms with Crippen LogP contribution in [0.5, 0.6) is 0 Å². The number of nitrogens with zero attached hydrogens (tertiary/aromatic N) is 3. The van der Waals surface area contributed by atoms with Crippen molar-refractivity contribution >= 4 is 0 Å². The van der Waals surface area contributed by atoms with Crippen LogP contribution in [0.4, 0.5) is 0 Å². The fourth-order valence-corrected chi connectivity index (χ4v) is 2.89. The van der Waals surface area contributed by atoms with Gasteiger partial charge < -0.3 is 10.2 Å². The van der Waals surface area contributed by atoms with E-state index in [2.05, 4.69) is 28.4 Å². The number of likely N-dealkylation sites (tertiary alicyclic amines) is 1. The van der Waals surface area contributed by atoms with E-state index in [0.717, 1.165) is 18.9 Å². The molecule has 2 rings (SSSR count). The lowest BCUT2D eigenvalue weighted by molar-refractivity contribution is 0.174. The third kappa shape index (κ3) is 4.96. The molecule has 19 heavy (non-hydrogen) atoms. The van der Waals surface area contributed by atoms with Crippen molar-refractivity contribution in [2.45, 2.75) is 32.6 Å². The molecule has 1 aromatic heterocycles. The Morgan fingerprint density at radius 3 is 3.11 bits per heavy atom. The number of aryl methyl sites for hydroxylation is 1. The highest BCUT2D eigenvalue weighted by atomic mass is 15.2. The first-order chi connectivity index (χ1) is 9.28. The van der Waals surface area contributed by atoms with Gasteiger partial charge in [-0.3, -0.25) is 4.68 Å². The van der Waals surface area contributed by atoms with Crippen LogP contribution < -0.4 is 5.32 Å². The summed E-state index contributed by atoms with van der Waals surface area (Å²) in [7, 11) is 1.99. The third-order valence-electron chi connectivity index (χ3n) is 3.94. The summed E-state index contributed by atoms with van der Waals surface area (Å²) in [5.74, 6) is 0.842. The van der Waals surface area contributed by atoms with Crippen molar-refractivity contribution in [2.24, 2.45) is 13.0 Å². The standard InChI is InChI=1S/C15H28N4/c1-3-7-16-10-14-5-4-8-19(13-14)9-6-15-11-17-18(2)12-15/h11-12,14,16H,3-10,13H2,1-2H3. The van der Waals surface area contributed by atoms with Gasteiger partial charge in [0.1, 0.15) is 0 Å². The molecular formula is C15H28N4. The molecular weight excluding hydrogens is 236 g/mol. The Bertz CT molecular complexity index is 361. The summed E-state index contributed by atoms with van der Waals surface area (Å²) < 4.78 is 1.89. The first-order valence-corrected chi connectivity index (χ1v) is 7.68. The maximum Gasteiger partial charge on any atom is 0.0522 e. The molecule has 4 heteroatoms. The second-order valence-electron chi connectivity index (χ2n) is 5.79. The Morgan fingerprint density at radius 2 is 2.37 bits per heavy atom. The number of aromatic nitrogens is 2. The van der Waals surface area contributed by atoms with Crippen LogP contribution in [0.1, 0.15) is 31.7 Å². The molecule has 1 unspecified atom stereocenters. The Morgan fingerprint density at radius 1 is 1.47 bits per heavy atom. The van der Waals surface area contributed by atoms with Crippen molar-refractivity contribution in [3.05, 3.63) is 18.0 Å². The van der Waals surface area contributed by atoms with E-state index in [9.17, 15) is 0 Å². The van der Waals surface area contributed by atoms with Crippen LogP contribution in [0.25, 0.3) is 0 Å². The van der Waals surface area contributed by atoms with Crippen molar-refractivity contribution in [1.29, 1.82) is 0 Å². The van der Waals surface area contributed by atoms with Crippen LogP contribution in [-0.2, 0) is 13.5 Å². The lowest BCUT2D eigenvalue weighted by Gasteiger charge is -2.32. The Labute approximate surface area is 117 Å². The average molecular weight is 264 g/mol. The summed E-state index contributed by atoms with van der Waals surface area (Å²) in [5.41, 5.74) is 1.36. The minimum absolute atomic E-state index is 0.842. The van der Waals surface area contributed by atoms with Crippen LogP contribution in [0, 0.1) is 5.92 Å². The molecule has 0 amide bonds. The van der Waals surface area contributed by atoms with Gasteiger partial charge in [0.25, 0.3) is 0 Å². The zero-order valence-electron chi connectivity index (χ0n) is 12.4. The van der Waals surface area contributed by atoms with Crippen LogP contribution in [-0.4, -0.2) is 47.4 Å². The maximum atomic E-state index is 4.23. The predicted molar refractivity (Wildman–Crippen MR) is 79.2 cm³/mol. The van der Waals surface area contributed by atoms with Crippen molar-refractivity contribution in [2.75, 3.05) is 32.7 Å². The molecule has 1 atom stereocenters. The topological polar surface area (TPSA) is 33.1 Å². The first-order valence-electron chi connectivity index (χ1n) is 7.68. The molecule has 1 aliphatic heterocycles. The molecule has 2 heterocycles. The molecule has 1 aromatic rings. The average Bonchev–Trinajstić information content (AvgIpc) is 2.83. The smallest absolute Gasteiger partial charge is 0.0522 e. The normalized spacial score (nSPS) is 20.8. The SMILES string of the molecule is CCCNCC1CCCN(CCc2cnn(C)c2)C1. The third-order valence-corrected chi connectivity index (χ3v) is 3.94. The minimum atomic E-state index is 0.842. The Kier molecular flexibility index (Phi) is 5.86. The fraction of sp³-hybridized carbons (Fsp3) is 0.800. The van der Waals surface area contributed by atoms with Crippen molar-refractivity contribution in [3.8, 4) is 0 Å². The molecule has 0 aliphatic carbocycles. The van der Waals surface area contributed by atoms with Gasteiger partial charge in [-0.25, -0.2) is 0 Å². The zero-order chi connectivity index (χ0) is 13.5. The van der Waals surface area contributed by atoms with E-state index in [-0.39, 0.29) is 0 Å². The quantitative estimate of drug-likeness (QED) is 0.761. The lowest BCUT2D eigenvalue weighted by Crippen LogP contribution is -2.40. The summed E-state index contributed by atoms with van der Waals surface area (Å²) in [6, 6.07) is 0. The van der Waals surface area contributed by atoms with Gasteiger partial charge in [0.05, 0.1) is 6.20 Å². The highest BCUT2D eigenvalue weighted by Gasteiger charge is 2.19. The van der Waals surface area contributed by atoms with Gasteiger partial charge >= 0.3 is 0 Å². The summed E-state index contributed by atoms with van der Waals surface area (Å²) in [6.45, 7) is 8.29. The van der Waals surface area contributed by atoms with Gasteiger partial charge in [-0.2, -0.15) is 5.10 Å². The van der Waals surface area contributed by atoms with Crippen molar-refractivity contribution in [1.82, 2.24) is 20.0 Å². The molecule has 108 valence electrons. The number of rotatable bonds is 7. The molecule has 1 fully saturated rings. The first kappa shape index (κ1) is 14.5. The number of piperidine rings is 1. The molecule has 1 saturated heterocycles. The van der Waals surface area contributed by atoms with Gasteiger partial charge in [0, 0.05) is 26.3 Å². The molecule has 0 saturated carbocycles. The van der Waals surface area contributed by atoms with Crippen molar-refractivity contribution < 1.29 is 0 Å². The maximum absolute atomic E-state index is 4.23. The van der Waals surface area contributed by atoms with Gasteiger partial charge in [0.15, 0.2) is 0 Å². The van der Waals surface area contributed by atoms with E-state index in [1.807, 2.05) is 17.9 Å². The zero-order valence-corrected chi connectivity index (χ0v) is 12.4. The second kappa shape index (κ2) is 7.65. The van der Waals surface area contributed by atoms with Gasteiger partial charge in [-0.1, -0.05) is 6.92 Å². The van der Waals surface area contributed by atoms with E-state index in [0.29, 0.717) is 0 Å². The number of hydrogen-bond acceptors (Lipinski definition) is 3. The van der Waals surface area contributed by atoms with E-state index in [4.69, 9.17) is 0 Å². The minimum Gasteiger partial charge on any atom is -0.316 e. The van der Waals surface area contributed by atoms with Crippen LogP contribution in [0.3, 0.4) is 0 Å². The molecule has 0 spiro atoms. The summed E-state index contributed by atoms with van der Waals surface area (Å²) >= 11 is 0. The van der Waals surface area contributed by atoms with E-state index in [1.165, 1.54) is 51.0 Å². The van der Waals surface area contributed by atoms with Crippen molar-refractivity contribution in [3.63, 3.8) is 0 Å². The molecule has 1 aliphatic rings. The second-order valence-corrected chi connectivity index (χ2v) is 5.79. The van der Waals surface area contributed by atoms with E-state index in [1.54, 1.807) is 0 Å². The lowest BCUT2D eigenvalue weighted by atomic mass is 9.97. The largest absolute Gasteiger partial charge is 0.316 e.